The maximum absolute atomic E-state index is 13.6. The molecule has 0 aliphatic heterocycles. The van der Waals surface area contributed by atoms with Crippen molar-refractivity contribution in [3.63, 3.8) is 0 Å². The van der Waals surface area contributed by atoms with E-state index in [0.717, 1.165) is 16.5 Å². The quantitative estimate of drug-likeness (QED) is 0.156. The molecule has 2 atom stereocenters. The van der Waals surface area contributed by atoms with Crippen molar-refractivity contribution in [1.29, 1.82) is 0 Å². The minimum atomic E-state index is -4.90. The SMILES string of the molecule is C=C(N[C@@H](c1cc(C(C)C)co1)C(C)C)/C(=N\[S+](N)[O-])Nc1ccc(C(F)(F)F)c(C(=O)N(C)C)c1O. The Morgan fingerprint density at radius 3 is 2.35 bits per heavy atom. The Morgan fingerprint density at radius 2 is 1.89 bits per heavy atom. The highest BCUT2D eigenvalue weighted by atomic mass is 32.2. The van der Waals surface area contributed by atoms with E-state index in [9.17, 15) is 27.6 Å². The number of aromatic hydroxyl groups is 1. The van der Waals surface area contributed by atoms with Gasteiger partial charge in [-0.2, -0.15) is 13.2 Å². The summed E-state index contributed by atoms with van der Waals surface area (Å²) < 4.78 is 61.9. The van der Waals surface area contributed by atoms with Gasteiger partial charge in [-0.1, -0.05) is 34.3 Å². The lowest BCUT2D eigenvalue weighted by molar-refractivity contribution is -0.138. The number of nitrogens with one attached hydrogen (secondary N) is 2. The smallest absolute Gasteiger partial charge is 0.417 e. The first-order valence-electron chi connectivity index (χ1n) is 11.3. The Hall–Kier alpha value is -3.16. The van der Waals surface area contributed by atoms with Gasteiger partial charge in [-0.25, -0.2) is 0 Å². The fourth-order valence-corrected chi connectivity index (χ4v) is 3.73. The Morgan fingerprint density at radius 1 is 1.27 bits per heavy atom. The number of benzene rings is 1. The predicted octanol–water partition coefficient (Wildman–Crippen LogP) is 4.68. The first kappa shape index (κ1) is 30.1. The Kier molecular flexibility index (Phi) is 9.69. The number of furan rings is 1. The van der Waals surface area contributed by atoms with Gasteiger partial charge in [0, 0.05) is 14.1 Å². The molecule has 0 spiro atoms. The van der Waals surface area contributed by atoms with E-state index in [4.69, 9.17) is 9.56 Å². The normalized spacial score (nSPS) is 14.0. The summed E-state index contributed by atoms with van der Waals surface area (Å²) in [5.74, 6) is -1.44. The molecule has 0 radical (unpaired) electrons. The lowest BCUT2D eigenvalue weighted by Gasteiger charge is -2.24. The lowest BCUT2D eigenvalue weighted by Crippen LogP contribution is -2.32. The van der Waals surface area contributed by atoms with Crippen LogP contribution in [-0.4, -0.2) is 40.4 Å². The third-order valence-corrected chi connectivity index (χ3v) is 5.80. The van der Waals surface area contributed by atoms with Crippen LogP contribution in [0.2, 0.25) is 0 Å². The van der Waals surface area contributed by atoms with Gasteiger partial charge in [0.2, 0.25) is 5.84 Å². The average molecular weight is 544 g/mol. The van der Waals surface area contributed by atoms with Gasteiger partial charge in [0.1, 0.15) is 5.76 Å². The van der Waals surface area contributed by atoms with Gasteiger partial charge in [-0.3, -0.25) is 4.79 Å². The van der Waals surface area contributed by atoms with Crippen LogP contribution in [-0.2, 0) is 17.7 Å². The van der Waals surface area contributed by atoms with Crippen LogP contribution < -0.4 is 15.8 Å². The highest BCUT2D eigenvalue weighted by Crippen LogP contribution is 2.40. The molecular weight excluding hydrogens is 511 g/mol. The summed E-state index contributed by atoms with van der Waals surface area (Å²) in [6.07, 6.45) is -3.26. The monoisotopic (exact) mass is 543 g/mol. The van der Waals surface area contributed by atoms with Crippen molar-refractivity contribution in [2.75, 3.05) is 19.4 Å². The first-order chi connectivity index (χ1) is 17.0. The molecule has 5 N–H and O–H groups in total. The van der Waals surface area contributed by atoms with Crippen LogP contribution in [0.25, 0.3) is 0 Å². The number of nitrogens with zero attached hydrogens (tertiary/aromatic N) is 2. The van der Waals surface area contributed by atoms with Gasteiger partial charge in [-0.05, 0) is 40.0 Å². The number of amidine groups is 1. The van der Waals surface area contributed by atoms with E-state index in [2.05, 4.69) is 21.6 Å². The molecule has 37 heavy (non-hydrogen) atoms. The second kappa shape index (κ2) is 11.9. The minimum Gasteiger partial charge on any atom is -0.572 e. The van der Waals surface area contributed by atoms with Crippen molar-refractivity contribution in [2.45, 2.75) is 45.8 Å². The minimum absolute atomic E-state index is 0.0173. The molecular formula is C24H32F3N5O4S. The second-order valence-electron chi connectivity index (χ2n) is 9.20. The molecule has 0 aliphatic carbocycles. The summed E-state index contributed by atoms with van der Waals surface area (Å²) in [5.41, 5.74) is -1.51. The van der Waals surface area contributed by atoms with Crippen molar-refractivity contribution in [2.24, 2.45) is 15.5 Å². The molecule has 0 saturated carbocycles. The van der Waals surface area contributed by atoms with E-state index in [1.165, 1.54) is 14.1 Å². The number of hydrogen-bond acceptors (Lipinski definition) is 7. The topological polar surface area (TPSA) is 139 Å². The number of anilines is 1. The summed E-state index contributed by atoms with van der Waals surface area (Å²) in [4.78, 5) is 13.4. The van der Waals surface area contributed by atoms with Gasteiger partial charge in [0.25, 0.3) is 5.91 Å². The van der Waals surface area contributed by atoms with Crippen LogP contribution in [0, 0.1) is 5.92 Å². The summed E-state index contributed by atoms with van der Waals surface area (Å²) in [7, 11) is 2.51. The maximum Gasteiger partial charge on any atom is 0.417 e. The van der Waals surface area contributed by atoms with E-state index in [0.29, 0.717) is 11.8 Å². The molecule has 0 fully saturated rings. The summed E-state index contributed by atoms with van der Waals surface area (Å²) in [6, 6.07) is 3.06. The van der Waals surface area contributed by atoms with Gasteiger partial charge >= 0.3 is 6.18 Å². The molecule has 1 aromatic heterocycles. The molecule has 0 aliphatic rings. The molecule has 1 heterocycles. The van der Waals surface area contributed by atoms with Gasteiger partial charge < -0.3 is 29.6 Å². The number of amides is 1. The predicted molar refractivity (Wildman–Crippen MR) is 137 cm³/mol. The lowest BCUT2D eigenvalue weighted by atomic mass is 9.99. The Labute approximate surface area is 217 Å². The zero-order chi connectivity index (χ0) is 28.2. The van der Waals surface area contributed by atoms with Crippen molar-refractivity contribution in [1.82, 2.24) is 10.2 Å². The number of phenols is 1. The Balaban J connectivity index is 2.48. The number of hydrogen-bond donors (Lipinski definition) is 4. The molecule has 2 aromatic rings. The number of carbonyl (C=O) groups is 1. The molecule has 9 nitrogen and oxygen atoms in total. The van der Waals surface area contributed by atoms with Crippen molar-refractivity contribution in [3.05, 3.63) is 59.2 Å². The third kappa shape index (κ3) is 7.43. The highest BCUT2D eigenvalue weighted by Gasteiger charge is 2.38. The van der Waals surface area contributed by atoms with Crippen molar-refractivity contribution < 1.29 is 32.0 Å². The molecule has 0 bridgehead atoms. The van der Waals surface area contributed by atoms with Crippen LogP contribution in [0.4, 0.5) is 18.9 Å². The van der Waals surface area contributed by atoms with Crippen molar-refractivity contribution in [3.8, 4) is 5.75 Å². The van der Waals surface area contributed by atoms with Crippen molar-refractivity contribution >= 4 is 29.0 Å². The molecule has 13 heteroatoms. The van der Waals surface area contributed by atoms with Crippen LogP contribution in [0.15, 0.2) is 45.6 Å². The molecule has 2 rings (SSSR count). The zero-order valence-electron chi connectivity index (χ0n) is 21.4. The number of carbonyl (C=O) groups excluding carboxylic acids is 1. The van der Waals surface area contributed by atoms with Crippen LogP contribution in [0.5, 0.6) is 5.75 Å². The number of nitrogens with two attached hydrogens (primary N) is 1. The largest absolute Gasteiger partial charge is 0.572 e. The average Bonchev–Trinajstić information content (AvgIpc) is 3.26. The van der Waals surface area contributed by atoms with Gasteiger partial charge in [0.15, 0.2) is 17.3 Å². The molecule has 1 amide bonds. The summed E-state index contributed by atoms with van der Waals surface area (Å²) in [5, 5.41) is 21.7. The van der Waals surface area contributed by atoms with Gasteiger partial charge in [0.05, 0.1) is 34.8 Å². The number of alkyl halides is 3. The van der Waals surface area contributed by atoms with Crippen LogP contribution in [0.1, 0.15) is 66.9 Å². The number of rotatable bonds is 9. The van der Waals surface area contributed by atoms with E-state index in [1.807, 2.05) is 33.8 Å². The number of phenolic OH excluding ortho intramolecular Hbond substituents is 1. The number of halogens is 3. The second-order valence-corrected chi connectivity index (χ2v) is 9.94. The van der Waals surface area contributed by atoms with E-state index in [-0.39, 0.29) is 29.1 Å². The third-order valence-electron chi connectivity index (χ3n) is 5.43. The summed E-state index contributed by atoms with van der Waals surface area (Å²) >= 11 is -2.24. The zero-order valence-corrected chi connectivity index (χ0v) is 22.3. The molecule has 204 valence electrons. The standard InChI is InChI=1S/C24H32F3N5O4S/c1-12(2)15-10-18(36-11-15)20(13(3)4)29-14(5)22(31-37(28)35)30-17-9-8-16(24(25,26)27)19(21(17)33)23(34)32(6)7/h8-13,20,29,33H,5,28H2,1-4,6-7H3,(H,30,31)/t20-,37?/m1/s1. The highest BCUT2D eigenvalue weighted by molar-refractivity contribution is 7.88. The molecule has 0 saturated heterocycles. The van der Waals surface area contributed by atoms with Crippen LogP contribution in [0.3, 0.4) is 0 Å². The Bertz CT molecular complexity index is 1160. The van der Waals surface area contributed by atoms with Crippen LogP contribution >= 0.6 is 0 Å². The van der Waals surface area contributed by atoms with E-state index < -0.39 is 46.5 Å². The first-order valence-corrected chi connectivity index (χ1v) is 12.4. The fraction of sp³-hybridized carbons (Fsp3) is 0.417. The fourth-order valence-electron chi connectivity index (χ4n) is 3.40. The van der Waals surface area contributed by atoms with E-state index in [1.54, 1.807) is 6.26 Å². The molecule has 1 aromatic carbocycles. The maximum atomic E-state index is 13.6. The van der Waals surface area contributed by atoms with E-state index >= 15 is 0 Å². The summed E-state index contributed by atoms with van der Waals surface area (Å²) in [6.45, 7) is 11.8. The van der Waals surface area contributed by atoms with Gasteiger partial charge in [-0.15, -0.1) is 5.14 Å². The molecule has 1 unspecified atom stereocenters.